The first-order valence-corrected chi connectivity index (χ1v) is 5.86. The Balaban J connectivity index is 2.42. The lowest BCUT2D eigenvalue weighted by atomic mass is 10.2. The summed E-state index contributed by atoms with van der Waals surface area (Å²) < 4.78 is 5.49. The van der Waals surface area contributed by atoms with Crippen LogP contribution in [0, 0.1) is 0 Å². The summed E-state index contributed by atoms with van der Waals surface area (Å²) in [6.45, 7) is 4.90. The van der Waals surface area contributed by atoms with Crippen molar-refractivity contribution in [2.24, 2.45) is 0 Å². The maximum absolute atomic E-state index is 10.6. The quantitative estimate of drug-likeness (QED) is 0.820. The van der Waals surface area contributed by atoms with E-state index in [-0.39, 0.29) is 5.91 Å². The fraction of sp³-hybridized carbons (Fsp3) is 0.357. The molecular formula is C14H19NO2. The van der Waals surface area contributed by atoms with Crippen molar-refractivity contribution in [1.29, 1.82) is 0 Å². The molecule has 1 aromatic carbocycles. The van der Waals surface area contributed by atoms with Gasteiger partial charge in [-0.2, -0.15) is 0 Å². The van der Waals surface area contributed by atoms with E-state index in [1.54, 1.807) is 0 Å². The smallest absolute Gasteiger partial charge is 0.217 e. The first kappa shape index (κ1) is 13.3. The molecule has 0 atom stereocenters. The van der Waals surface area contributed by atoms with Gasteiger partial charge in [-0.05, 0) is 24.1 Å². The molecule has 0 saturated carbocycles. The number of ether oxygens (including phenoxy) is 1. The fourth-order valence-electron chi connectivity index (χ4n) is 1.29. The summed E-state index contributed by atoms with van der Waals surface area (Å²) in [5, 5.41) is 2.70. The molecule has 3 heteroatoms. The Kier molecular flexibility index (Phi) is 5.86. The second-order valence-corrected chi connectivity index (χ2v) is 3.76. The van der Waals surface area contributed by atoms with E-state index in [9.17, 15) is 4.79 Å². The van der Waals surface area contributed by atoms with Crippen molar-refractivity contribution in [3.8, 4) is 5.75 Å². The number of amides is 1. The van der Waals surface area contributed by atoms with Crippen LogP contribution in [0.25, 0.3) is 6.08 Å². The second kappa shape index (κ2) is 7.49. The third-order valence-electron chi connectivity index (χ3n) is 2.13. The van der Waals surface area contributed by atoms with E-state index in [0.29, 0.717) is 6.54 Å². The maximum Gasteiger partial charge on any atom is 0.217 e. The van der Waals surface area contributed by atoms with Crippen LogP contribution in [0.15, 0.2) is 30.3 Å². The SMILES string of the molecule is CCCOc1ccc(C=CCNC(C)=O)cc1. The third kappa shape index (κ3) is 5.76. The van der Waals surface area contributed by atoms with Crippen LogP contribution in [-0.2, 0) is 4.79 Å². The monoisotopic (exact) mass is 233 g/mol. The summed E-state index contributed by atoms with van der Waals surface area (Å²) in [7, 11) is 0. The molecule has 17 heavy (non-hydrogen) atoms. The van der Waals surface area contributed by atoms with Crippen molar-refractivity contribution in [3.05, 3.63) is 35.9 Å². The number of hydrogen-bond donors (Lipinski definition) is 1. The molecule has 0 fully saturated rings. The molecule has 0 heterocycles. The summed E-state index contributed by atoms with van der Waals surface area (Å²) in [6, 6.07) is 7.89. The van der Waals surface area contributed by atoms with Crippen LogP contribution in [0.3, 0.4) is 0 Å². The van der Waals surface area contributed by atoms with Crippen molar-refractivity contribution in [1.82, 2.24) is 5.32 Å². The van der Waals surface area contributed by atoms with Crippen LogP contribution < -0.4 is 10.1 Å². The molecule has 0 spiro atoms. The van der Waals surface area contributed by atoms with Crippen molar-refractivity contribution in [2.75, 3.05) is 13.2 Å². The first-order chi connectivity index (χ1) is 8.22. The van der Waals surface area contributed by atoms with Crippen LogP contribution in [-0.4, -0.2) is 19.1 Å². The Morgan fingerprint density at radius 3 is 2.65 bits per heavy atom. The maximum atomic E-state index is 10.6. The van der Waals surface area contributed by atoms with Crippen molar-refractivity contribution in [2.45, 2.75) is 20.3 Å². The van der Waals surface area contributed by atoms with Gasteiger partial charge in [-0.1, -0.05) is 31.2 Å². The van der Waals surface area contributed by atoms with Gasteiger partial charge in [-0.25, -0.2) is 0 Å². The van der Waals surface area contributed by atoms with E-state index in [1.807, 2.05) is 36.4 Å². The van der Waals surface area contributed by atoms with Gasteiger partial charge in [0.25, 0.3) is 0 Å². The summed E-state index contributed by atoms with van der Waals surface area (Å²) in [5.74, 6) is 0.879. The molecule has 0 saturated heterocycles. The van der Waals surface area contributed by atoms with Gasteiger partial charge in [0.1, 0.15) is 5.75 Å². The molecule has 92 valence electrons. The Hall–Kier alpha value is -1.77. The molecule has 0 aliphatic heterocycles. The van der Waals surface area contributed by atoms with E-state index in [0.717, 1.165) is 24.3 Å². The molecule has 1 rings (SSSR count). The molecule has 0 unspecified atom stereocenters. The van der Waals surface area contributed by atoms with E-state index in [1.165, 1.54) is 6.92 Å². The van der Waals surface area contributed by atoms with Crippen LogP contribution in [0.1, 0.15) is 25.8 Å². The van der Waals surface area contributed by atoms with E-state index in [4.69, 9.17) is 4.74 Å². The lowest BCUT2D eigenvalue weighted by molar-refractivity contribution is -0.118. The predicted octanol–water partition coefficient (Wildman–Crippen LogP) is 2.62. The Morgan fingerprint density at radius 2 is 2.06 bits per heavy atom. The predicted molar refractivity (Wildman–Crippen MR) is 69.9 cm³/mol. The second-order valence-electron chi connectivity index (χ2n) is 3.76. The molecule has 0 bridgehead atoms. The number of carbonyl (C=O) groups excluding carboxylic acids is 1. The van der Waals surface area contributed by atoms with Gasteiger partial charge < -0.3 is 10.1 Å². The topological polar surface area (TPSA) is 38.3 Å². The summed E-state index contributed by atoms with van der Waals surface area (Å²) in [4.78, 5) is 10.6. The summed E-state index contributed by atoms with van der Waals surface area (Å²) in [5.41, 5.74) is 1.10. The average molecular weight is 233 g/mol. The Morgan fingerprint density at radius 1 is 1.35 bits per heavy atom. The highest BCUT2D eigenvalue weighted by Gasteiger charge is 1.92. The first-order valence-electron chi connectivity index (χ1n) is 5.86. The molecule has 3 nitrogen and oxygen atoms in total. The Bertz CT molecular complexity index is 368. The highest BCUT2D eigenvalue weighted by Crippen LogP contribution is 2.13. The van der Waals surface area contributed by atoms with E-state index >= 15 is 0 Å². The number of carbonyl (C=O) groups is 1. The largest absolute Gasteiger partial charge is 0.494 e. The molecule has 1 N–H and O–H groups in total. The van der Waals surface area contributed by atoms with Crippen LogP contribution in [0.5, 0.6) is 5.75 Å². The van der Waals surface area contributed by atoms with Crippen molar-refractivity contribution < 1.29 is 9.53 Å². The van der Waals surface area contributed by atoms with Gasteiger partial charge in [0.15, 0.2) is 0 Å². The number of nitrogens with one attached hydrogen (secondary N) is 1. The average Bonchev–Trinajstić information content (AvgIpc) is 2.33. The summed E-state index contributed by atoms with van der Waals surface area (Å²) >= 11 is 0. The zero-order chi connectivity index (χ0) is 12.5. The third-order valence-corrected chi connectivity index (χ3v) is 2.13. The standard InChI is InChI=1S/C14H19NO2/c1-3-11-17-14-8-6-13(7-9-14)5-4-10-15-12(2)16/h4-9H,3,10-11H2,1-2H3,(H,15,16). The van der Waals surface area contributed by atoms with Gasteiger partial charge in [0.05, 0.1) is 6.61 Å². The normalized spacial score (nSPS) is 10.5. The minimum atomic E-state index is -0.0158. The number of hydrogen-bond acceptors (Lipinski definition) is 2. The van der Waals surface area contributed by atoms with Gasteiger partial charge in [-0.15, -0.1) is 0 Å². The lowest BCUT2D eigenvalue weighted by Gasteiger charge is -2.04. The minimum absolute atomic E-state index is 0.0158. The Labute approximate surface area is 102 Å². The zero-order valence-corrected chi connectivity index (χ0v) is 10.4. The van der Waals surface area contributed by atoms with Crippen LogP contribution >= 0.6 is 0 Å². The van der Waals surface area contributed by atoms with Gasteiger partial charge >= 0.3 is 0 Å². The van der Waals surface area contributed by atoms with E-state index < -0.39 is 0 Å². The molecule has 1 amide bonds. The molecule has 0 aliphatic carbocycles. The zero-order valence-electron chi connectivity index (χ0n) is 10.4. The van der Waals surface area contributed by atoms with Crippen LogP contribution in [0.2, 0.25) is 0 Å². The molecule has 1 aromatic rings. The highest BCUT2D eigenvalue weighted by molar-refractivity contribution is 5.73. The van der Waals surface area contributed by atoms with Gasteiger partial charge in [0, 0.05) is 13.5 Å². The molecule has 0 aliphatic rings. The molecular weight excluding hydrogens is 214 g/mol. The highest BCUT2D eigenvalue weighted by atomic mass is 16.5. The van der Waals surface area contributed by atoms with E-state index in [2.05, 4.69) is 12.2 Å². The summed E-state index contributed by atoms with van der Waals surface area (Å²) in [6.07, 6.45) is 4.90. The minimum Gasteiger partial charge on any atom is -0.494 e. The molecule has 0 aromatic heterocycles. The molecule has 0 radical (unpaired) electrons. The van der Waals surface area contributed by atoms with Crippen molar-refractivity contribution >= 4 is 12.0 Å². The van der Waals surface area contributed by atoms with Crippen molar-refractivity contribution in [3.63, 3.8) is 0 Å². The fourth-order valence-corrected chi connectivity index (χ4v) is 1.29. The number of benzene rings is 1. The van der Waals surface area contributed by atoms with Crippen LogP contribution in [0.4, 0.5) is 0 Å². The lowest BCUT2D eigenvalue weighted by Crippen LogP contribution is -2.19. The number of rotatable bonds is 6. The van der Waals surface area contributed by atoms with Gasteiger partial charge in [-0.3, -0.25) is 4.79 Å². The van der Waals surface area contributed by atoms with Gasteiger partial charge in [0.2, 0.25) is 5.91 Å².